The number of nitrogens with zero attached hydrogens (tertiary/aromatic N) is 2. The molecule has 0 atom stereocenters. The Morgan fingerprint density at radius 2 is 2.29 bits per heavy atom. The Morgan fingerprint density at radius 3 is 2.94 bits per heavy atom. The first-order valence-electron chi connectivity index (χ1n) is 5.59. The number of benzene rings is 1. The summed E-state index contributed by atoms with van der Waals surface area (Å²) in [6.45, 7) is 2.13. The fraction of sp³-hybridized carbons (Fsp3) is 0.231. The number of hydrogen-bond acceptors (Lipinski definition) is 4. The maximum Gasteiger partial charge on any atom is 0.103 e. The van der Waals surface area contributed by atoms with Gasteiger partial charge in [-0.25, -0.2) is 0 Å². The molecule has 3 N–H and O–H groups in total. The molecule has 1 aromatic heterocycles. The third kappa shape index (κ3) is 1.93. The zero-order valence-electron chi connectivity index (χ0n) is 9.70. The Hall–Kier alpha value is -2.12. The van der Waals surface area contributed by atoms with Crippen LogP contribution in [0.25, 0.3) is 10.9 Å². The van der Waals surface area contributed by atoms with Gasteiger partial charge in [-0.3, -0.25) is 10.8 Å². The fourth-order valence-electron chi connectivity index (χ4n) is 2.00. The molecule has 0 aliphatic heterocycles. The monoisotopic (exact) mass is 226 g/mol. The molecule has 1 aromatic carbocycles. The van der Waals surface area contributed by atoms with E-state index in [4.69, 9.17) is 11.1 Å². The molecule has 0 radical (unpaired) electrons. The molecule has 2 aromatic rings. The highest BCUT2D eigenvalue weighted by molar-refractivity contribution is 5.95. The second-order valence-corrected chi connectivity index (χ2v) is 3.87. The molecule has 1 heterocycles. The van der Waals surface area contributed by atoms with Crippen molar-refractivity contribution in [2.24, 2.45) is 5.84 Å². The Morgan fingerprint density at radius 1 is 1.47 bits per heavy atom. The molecule has 0 fully saturated rings. The van der Waals surface area contributed by atoms with Gasteiger partial charge in [0.1, 0.15) is 6.07 Å². The van der Waals surface area contributed by atoms with Crippen LogP contribution in [0.2, 0.25) is 0 Å². The molecule has 4 nitrogen and oxygen atoms in total. The average molecular weight is 226 g/mol. The van der Waals surface area contributed by atoms with Crippen molar-refractivity contribution >= 4 is 16.6 Å². The van der Waals surface area contributed by atoms with Gasteiger partial charge in [-0.2, -0.15) is 5.26 Å². The zero-order valence-corrected chi connectivity index (χ0v) is 9.70. The number of rotatable bonds is 3. The first-order valence-corrected chi connectivity index (χ1v) is 5.59. The van der Waals surface area contributed by atoms with E-state index in [2.05, 4.69) is 29.5 Å². The maximum atomic E-state index is 9.00. The molecule has 0 amide bonds. The van der Waals surface area contributed by atoms with Crippen molar-refractivity contribution in [2.45, 2.75) is 19.8 Å². The van der Waals surface area contributed by atoms with Crippen LogP contribution in [0.3, 0.4) is 0 Å². The van der Waals surface area contributed by atoms with Gasteiger partial charge >= 0.3 is 0 Å². The van der Waals surface area contributed by atoms with Crippen molar-refractivity contribution in [3.8, 4) is 6.07 Å². The van der Waals surface area contributed by atoms with E-state index < -0.39 is 0 Å². The summed E-state index contributed by atoms with van der Waals surface area (Å²) in [6, 6.07) is 8.04. The van der Waals surface area contributed by atoms with Gasteiger partial charge < -0.3 is 5.43 Å². The summed E-state index contributed by atoms with van der Waals surface area (Å²) < 4.78 is 0. The standard InChI is InChI=1S/C13H14N4/c1-2-4-9-5-3-6-11-12(9)16-8-10(7-14)13(11)17-15/h3,5-6,8H,2,4,15H2,1H3,(H,16,17). The molecule has 0 saturated carbocycles. The van der Waals surface area contributed by atoms with Crippen LogP contribution >= 0.6 is 0 Å². The van der Waals surface area contributed by atoms with Crippen molar-refractivity contribution in [1.29, 1.82) is 5.26 Å². The van der Waals surface area contributed by atoms with Gasteiger partial charge in [-0.05, 0) is 12.0 Å². The number of nitrogens with two attached hydrogens (primary N) is 1. The van der Waals surface area contributed by atoms with E-state index in [9.17, 15) is 0 Å². The molecule has 0 aliphatic carbocycles. The van der Waals surface area contributed by atoms with Crippen LogP contribution in [0, 0.1) is 11.3 Å². The van der Waals surface area contributed by atoms with Gasteiger partial charge in [-0.15, -0.1) is 0 Å². The SMILES string of the molecule is CCCc1cccc2c(NN)c(C#N)cnc12. The van der Waals surface area contributed by atoms with E-state index in [0.717, 1.165) is 23.7 Å². The van der Waals surface area contributed by atoms with Crippen LogP contribution in [-0.2, 0) is 6.42 Å². The first kappa shape index (κ1) is 11.4. The number of aryl methyl sites for hydroxylation is 1. The highest BCUT2D eigenvalue weighted by Crippen LogP contribution is 2.27. The number of nitrogens with one attached hydrogen (secondary N) is 1. The fourth-order valence-corrected chi connectivity index (χ4v) is 2.00. The van der Waals surface area contributed by atoms with Crippen LogP contribution in [0.5, 0.6) is 0 Å². The summed E-state index contributed by atoms with van der Waals surface area (Å²) in [7, 11) is 0. The Kier molecular flexibility index (Phi) is 3.22. The van der Waals surface area contributed by atoms with Gasteiger partial charge in [-0.1, -0.05) is 31.5 Å². The summed E-state index contributed by atoms with van der Waals surface area (Å²) in [5, 5.41) is 9.90. The van der Waals surface area contributed by atoms with Crippen LogP contribution in [0.4, 0.5) is 5.69 Å². The molecule has 0 unspecified atom stereocenters. The van der Waals surface area contributed by atoms with Crippen molar-refractivity contribution in [3.05, 3.63) is 35.5 Å². The van der Waals surface area contributed by atoms with Gasteiger partial charge in [0.2, 0.25) is 0 Å². The van der Waals surface area contributed by atoms with Crippen LogP contribution in [0.1, 0.15) is 24.5 Å². The van der Waals surface area contributed by atoms with E-state index >= 15 is 0 Å². The summed E-state index contributed by atoms with van der Waals surface area (Å²) in [5.41, 5.74) is 5.82. The number of hydrogen-bond donors (Lipinski definition) is 2. The zero-order chi connectivity index (χ0) is 12.3. The Bertz CT molecular complexity index is 584. The van der Waals surface area contributed by atoms with Crippen LogP contribution < -0.4 is 11.3 Å². The lowest BCUT2D eigenvalue weighted by Crippen LogP contribution is -2.09. The summed E-state index contributed by atoms with van der Waals surface area (Å²) in [6.07, 6.45) is 3.60. The molecule has 2 rings (SSSR count). The third-order valence-corrected chi connectivity index (χ3v) is 2.77. The lowest BCUT2D eigenvalue weighted by atomic mass is 10.0. The minimum atomic E-state index is 0.466. The van der Waals surface area contributed by atoms with E-state index in [1.165, 1.54) is 5.56 Å². The van der Waals surface area contributed by atoms with Crippen LogP contribution in [-0.4, -0.2) is 4.98 Å². The Labute approximate surface area is 100 Å². The highest BCUT2D eigenvalue weighted by Gasteiger charge is 2.09. The van der Waals surface area contributed by atoms with E-state index in [1.807, 2.05) is 12.1 Å². The molecule has 4 heteroatoms. The minimum absolute atomic E-state index is 0.466. The minimum Gasteiger partial charge on any atom is -0.322 e. The van der Waals surface area contributed by atoms with Gasteiger partial charge in [0, 0.05) is 11.6 Å². The average Bonchev–Trinajstić information content (AvgIpc) is 2.38. The van der Waals surface area contributed by atoms with E-state index in [1.54, 1.807) is 6.20 Å². The van der Waals surface area contributed by atoms with Crippen molar-refractivity contribution in [3.63, 3.8) is 0 Å². The molecule has 0 spiro atoms. The largest absolute Gasteiger partial charge is 0.322 e. The van der Waals surface area contributed by atoms with Crippen molar-refractivity contribution in [2.75, 3.05) is 5.43 Å². The second-order valence-electron chi connectivity index (χ2n) is 3.87. The lowest BCUT2D eigenvalue weighted by Gasteiger charge is -2.10. The molecule has 0 bridgehead atoms. The number of aromatic nitrogens is 1. The number of nitriles is 1. The van der Waals surface area contributed by atoms with E-state index in [-0.39, 0.29) is 0 Å². The molecular formula is C13H14N4. The number of hydrazine groups is 1. The summed E-state index contributed by atoms with van der Waals surface area (Å²) in [4.78, 5) is 4.36. The normalized spacial score (nSPS) is 10.2. The molecule has 17 heavy (non-hydrogen) atoms. The molecule has 0 saturated heterocycles. The van der Waals surface area contributed by atoms with E-state index in [0.29, 0.717) is 11.3 Å². The lowest BCUT2D eigenvalue weighted by molar-refractivity contribution is 0.926. The second kappa shape index (κ2) is 4.81. The summed E-state index contributed by atoms with van der Waals surface area (Å²) in [5.74, 6) is 5.49. The first-order chi connectivity index (χ1) is 8.31. The van der Waals surface area contributed by atoms with Crippen molar-refractivity contribution in [1.82, 2.24) is 4.98 Å². The molecule has 86 valence electrons. The predicted molar refractivity (Wildman–Crippen MR) is 68.3 cm³/mol. The topological polar surface area (TPSA) is 74.7 Å². The van der Waals surface area contributed by atoms with Gasteiger partial charge in [0.25, 0.3) is 0 Å². The molecule has 0 aliphatic rings. The van der Waals surface area contributed by atoms with Crippen molar-refractivity contribution < 1.29 is 0 Å². The van der Waals surface area contributed by atoms with Gasteiger partial charge in [0.05, 0.1) is 16.8 Å². The Balaban J connectivity index is 2.74. The van der Waals surface area contributed by atoms with Gasteiger partial charge in [0.15, 0.2) is 0 Å². The number of fused-ring (bicyclic) bond motifs is 1. The van der Waals surface area contributed by atoms with Crippen LogP contribution in [0.15, 0.2) is 24.4 Å². The summed E-state index contributed by atoms with van der Waals surface area (Å²) >= 11 is 0. The smallest absolute Gasteiger partial charge is 0.103 e. The molecular weight excluding hydrogens is 212 g/mol. The highest BCUT2D eigenvalue weighted by atomic mass is 15.2. The predicted octanol–water partition coefficient (Wildman–Crippen LogP) is 2.34. The quantitative estimate of drug-likeness (QED) is 0.622. The number of pyridine rings is 1. The maximum absolute atomic E-state index is 9.00. The number of para-hydroxylation sites is 1. The third-order valence-electron chi connectivity index (χ3n) is 2.77. The number of anilines is 1. The number of nitrogen functional groups attached to an aromatic ring is 1.